The van der Waals surface area contributed by atoms with Crippen LogP contribution in [0.5, 0.6) is 0 Å². The predicted molar refractivity (Wildman–Crippen MR) is 85.1 cm³/mol. The number of nitrogens with zero attached hydrogens (tertiary/aromatic N) is 3. The van der Waals surface area contributed by atoms with Crippen LogP contribution in [0.15, 0.2) is 35.3 Å². The van der Waals surface area contributed by atoms with E-state index in [2.05, 4.69) is 54.4 Å². The summed E-state index contributed by atoms with van der Waals surface area (Å²) >= 11 is 1.37. The Labute approximate surface area is 126 Å². The van der Waals surface area contributed by atoms with E-state index < -0.39 is 0 Å². The van der Waals surface area contributed by atoms with Crippen molar-refractivity contribution in [2.45, 2.75) is 26.8 Å². The first-order valence-corrected chi connectivity index (χ1v) is 7.55. The fourth-order valence-corrected chi connectivity index (χ4v) is 3.17. The molecule has 2 aromatic heterocycles. The number of hydrogen-bond acceptors (Lipinski definition) is 5. The largest absolute Gasteiger partial charge is 0.354 e. The van der Waals surface area contributed by atoms with Crippen LogP contribution in [0.25, 0.3) is 4.96 Å². The van der Waals surface area contributed by atoms with E-state index in [1.165, 1.54) is 44.8 Å². The molecule has 1 atom stereocenters. The molecule has 0 radical (unpaired) electrons. The minimum absolute atomic E-state index is 0.112. The molecule has 0 saturated carbocycles. The Morgan fingerprint density at radius 2 is 2.10 bits per heavy atom. The lowest BCUT2D eigenvalue weighted by Crippen LogP contribution is -2.13. The van der Waals surface area contributed by atoms with Gasteiger partial charge in [-0.15, -0.1) is 5.10 Å². The minimum atomic E-state index is -0.163. The third-order valence-corrected chi connectivity index (χ3v) is 4.48. The number of benzene rings is 1. The van der Waals surface area contributed by atoms with E-state index in [1.54, 1.807) is 0 Å². The summed E-state index contributed by atoms with van der Waals surface area (Å²) in [6.45, 7) is 6.31. The van der Waals surface area contributed by atoms with Gasteiger partial charge in [0.1, 0.15) is 0 Å². The van der Waals surface area contributed by atoms with Crippen molar-refractivity contribution < 1.29 is 0 Å². The van der Waals surface area contributed by atoms with Crippen molar-refractivity contribution in [2.24, 2.45) is 0 Å². The first-order valence-electron chi connectivity index (χ1n) is 6.74. The van der Waals surface area contributed by atoms with Crippen LogP contribution in [-0.2, 0) is 0 Å². The number of hydrogen-bond donors (Lipinski definition) is 1. The molecule has 0 aliphatic heterocycles. The third-order valence-electron chi connectivity index (χ3n) is 3.62. The van der Waals surface area contributed by atoms with E-state index in [0.717, 1.165) is 0 Å². The highest BCUT2D eigenvalue weighted by molar-refractivity contribution is 7.20. The summed E-state index contributed by atoms with van der Waals surface area (Å²) in [5.41, 5.74) is 3.61. The van der Waals surface area contributed by atoms with Crippen LogP contribution in [0.2, 0.25) is 0 Å². The number of aromatic nitrogens is 3. The Kier molecular flexibility index (Phi) is 3.47. The zero-order chi connectivity index (χ0) is 15.0. The minimum Gasteiger partial charge on any atom is -0.354 e. The summed E-state index contributed by atoms with van der Waals surface area (Å²) in [5, 5.41) is 8.32. The summed E-state index contributed by atoms with van der Waals surface area (Å²) in [5.74, 6) is 0. The van der Waals surface area contributed by atoms with Gasteiger partial charge in [0.15, 0.2) is 0 Å². The molecular weight excluding hydrogens is 284 g/mol. The number of anilines is 1. The average Bonchev–Trinajstić information content (AvgIpc) is 2.85. The fourth-order valence-electron chi connectivity index (χ4n) is 2.31. The normalized spacial score (nSPS) is 12.5. The molecule has 1 unspecified atom stereocenters. The highest BCUT2D eigenvalue weighted by Gasteiger charge is 2.12. The number of fused-ring (bicyclic) bond motifs is 1. The van der Waals surface area contributed by atoms with Crippen LogP contribution < -0.4 is 10.9 Å². The van der Waals surface area contributed by atoms with E-state index >= 15 is 0 Å². The van der Waals surface area contributed by atoms with Gasteiger partial charge in [0.05, 0.1) is 6.04 Å². The Morgan fingerprint density at radius 1 is 1.29 bits per heavy atom. The summed E-state index contributed by atoms with van der Waals surface area (Å²) < 4.78 is 1.32. The van der Waals surface area contributed by atoms with Crippen molar-refractivity contribution in [3.05, 3.63) is 57.5 Å². The Morgan fingerprint density at radius 3 is 2.86 bits per heavy atom. The van der Waals surface area contributed by atoms with Crippen LogP contribution >= 0.6 is 11.3 Å². The van der Waals surface area contributed by atoms with E-state index in [4.69, 9.17) is 0 Å². The zero-order valence-electron chi connectivity index (χ0n) is 12.1. The fraction of sp³-hybridized carbons (Fsp3) is 0.267. The highest BCUT2D eigenvalue weighted by Crippen LogP contribution is 2.25. The molecule has 0 saturated heterocycles. The SMILES string of the molecule is Cc1cccc(C(C)Nc2nn3c(=O)ccnc3s2)c1C. The van der Waals surface area contributed by atoms with Crippen LogP contribution in [0, 0.1) is 13.8 Å². The van der Waals surface area contributed by atoms with Gasteiger partial charge >= 0.3 is 0 Å². The maximum atomic E-state index is 11.7. The van der Waals surface area contributed by atoms with Gasteiger partial charge in [-0.2, -0.15) is 4.52 Å². The van der Waals surface area contributed by atoms with Gasteiger partial charge in [-0.3, -0.25) is 4.79 Å². The molecule has 6 heteroatoms. The van der Waals surface area contributed by atoms with Crippen molar-refractivity contribution in [1.82, 2.24) is 14.6 Å². The van der Waals surface area contributed by atoms with Gasteiger partial charge in [-0.1, -0.05) is 29.5 Å². The lowest BCUT2D eigenvalue weighted by atomic mass is 9.99. The van der Waals surface area contributed by atoms with Crippen molar-refractivity contribution in [3.63, 3.8) is 0 Å². The molecule has 2 heterocycles. The lowest BCUT2D eigenvalue weighted by molar-refractivity contribution is 0.840. The molecule has 5 nitrogen and oxygen atoms in total. The molecule has 0 aliphatic carbocycles. The molecule has 3 rings (SSSR count). The first-order chi connectivity index (χ1) is 10.1. The molecular formula is C15H16N4OS. The molecule has 21 heavy (non-hydrogen) atoms. The molecule has 0 fully saturated rings. The van der Waals surface area contributed by atoms with Crippen LogP contribution in [0.3, 0.4) is 0 Å². The summed E-state index contributed by atoms with van der Waals surface area (Å²) in [6, 6.07) is 7.79. The van der Waals surface area contributed by atoms with Crippen LogP contribution in [0.1, 0.15) is 29.7 Å². The molecule has 3 aromatic rings. The number of rotatable bonds is 3. The number of aryl methyl sites for hydroxylation is 1. The molecule has 0 amide bonds. The molecule has 0 spiro atoms. The second-order valence-electron chi connectivity index (χ2n) is 5.04. The van der Waals surface area contributed by atoms with Gasteiger partial charge in [0.2, 0.25) is 10.1 Å². The summed E-state index contributed by atoms with van der Waals surface area (Å²) in [4.78, 5) is 16.4. The molecule has 108 valence electrons. The third kappa shape index (κ3) is 2.54. The number of nitrogens with one attached hydrogen (secondary N) is 1. The monoisotopic (exact) mass is 300 g/mol. The van der Waals surface area contributed by atoms with Crippen LogP contribution in [0.4, 0.5) is 5.13 Å². The summed E-state index contributed by atoms with van der Waals surface area (Å²) in [7, 11) is 0. The van der Waals surface area contributed by atoms with Gasteiger partial charge in [0, 0.05) is 12.3 Å². The van der Waals surface area contributed by atoms with Gasteiger partial charge < -0.3 is 5.32 Å². The molecule has 1 N–H and O–H groups in total. The predicted octanol–water partition coefficient (Wildman–Crippen LogP) is 2.94. The van der Waals surface area contributed by atoms with Gasteiger partial charge in [-0.05, 0) is 37.5 Å². The van der Waals surface area contributed by atoms with Crippen molar-refractivity contribution in [1.29, 1.82) is 0 Å². The van der Waals surface area contributed by atoms with Crippen molar-refractivity contribution >= 4 is 21.4 Å². The summed E-state index contributed by atoms with van der Waals surface area (Å²) in [6.07, 6.45) is 1.51. The average molecular weight is 300 g/mol. The topological polar surface area (TPSA) is 59.3 Å². The highest BCUT2D eigenvalue weighted by atomic mass is 32.1. The second kappa shape index (κ2) is 5.29. The quantitative estimate of drug-likeness (QED) is 0.808. The van der Waals surface area contributed by atoms with Gasteiger partial charge in [-0.25, -0.2) is 4.98 Å². The first kappa shape index (κ1) is 13.8. The van der Waals surface area contributed by atoms with Crippen molar-refractivity contribution in [3.8, 4) is 0 Å². The standard InChI is InChI=1S/C15H16N4OS/c1-9-5-4-6-12(10(9)2)11(3)17-14-18-19-13(20)7-8-16-15(19)21-14/h4-8,11H,1-3H3,(H,17,18). The van der Waals surface area contributed by atoms with E-state index in [0.29, 0.717) is 10.1 Å². The zero-order valence-corrected chi connectivity index (χ0v) is 12.9. The Hall–Kier alpha value is -2.21. The Bertz CT molecular complexity index is 852. The van der Waals surface area contributed by atoms with E-state index in [-0.39, 0.29) is 11.6 Å². The smallest absolute Gasteiger partial charge is 0.275 e. The molecule has 0 aliphatic rings. The van der Waals surface area contributed by atoms with Crippen molar-refractivity contribution in [2.75, 3.05) is 5.32 Å². The van der Waals surface area contributed by atoms with Gasteiger partial charge in [0.25, 0.3) is 5.56 Å². The van der Waals surface area contributed by atoms with Crippen LogP contribution in [-0.4, -0.2) is 14.6 Å². The maximum absolute atomic E-state index is 11.7. The lowest BCUT2D eigenvalue weighted by Gasteiger charge is -2.16. The van der Waals surface area contributed by atoms with E-state index in [9.17, 15) is 4.79 Å². The second-order valence-corrected chi connectivity index (χ2v) is 6.00. The Balaban J connectivity index is 1.93. The maximum Gasteiger partial charge on any atom is 0.275 e. The van der Waals surface area contributed by atoms with E-state index in [1.807, 2.05) is 0 Å². The molecule has 0 bridgehead atoms. The molecule has 1 aromatic carbocycles.